The highest BCUT2D eigenvalue weighted by molar-refractivity contribution is 6.28. The van der Waals surface area contributed by atoms with E-state index < -0.39 is 12.0 Å². The lowest BCUT2D eigenvalue weighted by molar-refractivity contribution is -0.142. The van der Waals surface area contributed by atoms with E-state index in [1.807, 2.05) is 13.8 Å². The van der Waals surface area contributed by atoms with Crippen molar-refractivity contribution in [1.29, 1.82) is 0 Å². The summed E-state index contributed by atoms with van der Waals surface area (Å²) in [6.45, 7) is 3.74. The Morgan fingerprint density at radius 3 is 2.44 bits per heavy atom. The number of ether oxygens (including phenoxy) is 2. The van der Waals surface area contributed by atoms with Gasteiger partial charge in [-0.1, -0.05) is 13.8 Å². The van der Waals surface area contributed by atoms with E-state index in [9.17, 15) is 4.79 Å². The molecule has 0 aliphatic heterocycles. The number of nitrogens with one attached hydrogen (secondary N) is 1. The largest absolute Gasteiger partial charge is 0.467 e. The smallest absolute Gasteiger partial charge is 0.328 e. The molecular formula is C10H15ClN4O3. The van der Waals surface area contributed by atoms with Crippen LogP contribution >= 0.6 is 11.6 Å². The minimum atomic E-state index is -0.571. The number of halogens is 1. The number of rotatable bonds is 5. The van der Waals surface area contributed by atoms with Gasteiger partial charge in [0.2, 0.25) is 11.2 Å². The van der Waals surface area contributed by atoms with Gasteiger partial charge in [-0.05, 0) is 17.5 Å². The van der Waals surface area contributed by atoms with Crippen molar-refractivity contribution in [1.82, 2.24) is 15.0 Å². The van der Waals surface area contributed by atoms with E-state index in [2.05, 4.69) is 20.3 Å². The first-order chi connectivity index (χ1) is 8.47. The summed E-state index contributed by atoms with van der Waals surface area (Å²) in [4.78, 5) is 23.1. The molecule has 1 unspecified atom stereocenters. The average molecular weight is 275 g/mol. The molecule has 1 aromatic heterocycles. The lowest BCUT2D eigenvalue weighted by Crippen LogP contribution is -2.36. The molecule has 0 aromatic carbocycles. The van der Waals surface area contributed by atoms with Crippen molar-refractivity contribution in [3.63, 3.8) is 0 Å². The van der Waals surface area contributed by atoms with Crippen LogP contribution in [0.2, 0.25) is 5.28 Å². The summed E-state index contributed by atoms with van der Waals surface area (Å²) in [5.41, 5.74) is 0. The molecule has 0 amide bonds. The summed E-state index contributed by atoms with van der Waals surface area (Å²) in [5.74, 6) is -0.240. The molecule has 0 aliphatic rings. The van der Waals surface area contributed by atoms with Crippen LogP contribution < -0.4 is 10.1 Å². The van der Waals surface area contributed by atoms with Crippen LogP contribution in [-0.4, -0.2) is 41.2 Å². The van der Waals surface area contributed by atoms with Crippen molar-refractivity contribution in [3.05, 3.63) is 5.28 Å². The topological polar surface area (TPSA) is 86.2 Å². The van der Waals surface area contributed by atoms with Gasteiger partial charge >= 0.3 is 12.0 Å². The number of methoxy groups -OCH3 is 2. The highest BCUT2D eigenvalue weighted by Crippen LogP contribution is 2.14. The number of hydrogen-bond acceptors (Lipinski definition) is 7. The third-order valence-corrected chi connectivity index (χ3v) is 2.35. The number of esters is 1. The number of carbonyl (C=O) groups is 1. The number of nitrogens with zero attached hydrogens (tertiary/aromatic N) is 3. The van der Waals surface area contributed by atoms with Crippen molar-refractivity contribution >= 4 is 23.5 Å². The van der Waals surface area contributed by atoms with Crippen LogP contribution in [0.25, 0.3) is 0 Å². The molecule has 0 aliphatic carbocycles. The van der Waals surface area contributed by atoms with Gasteiger partial charge in [0.25, 0.3) is 0 Å². The fourth-order valence-electron chi connectivity index (χ4n) is 1.25. The second kappa shape index (κ2) is 6.34. The van der Waals surface area contributed by atoms with Gasteiger partial charge in [-0.2, -0.15) is 15.0 Å². The molecule has 1 rings (SSSR count). The Morgan fingerprint density at radius 2 is 1.94 bits per heavy atom. The summed E-state index contributed by atoms with van der Waals surface area (Å²) in [6.07, 6.45) is 0. The zero-order chi connectivity index (χ0) is 13.7. The molecule has 18 heavy (non-hydrogen) atoms. The standard InChI is InChI=1S/C10H15ClN4O3/c1-5(2)6(7(16)17-3)12-9-13-8(11)14-10(15-9)18-4/h5-6H,1-4H3,(H,12,13,14,15). The maximum absolute atomic E-state index is 11.6. The summed E-state index contributed by atoms with van der Waals surface area (Å²) in [5, 5.41) is 2.83. The first-order valence-corrected chi connectivity index (χ1v) is 5.65. The monoisotopic (exact) mass is 274 g/mol. The molecule has 1 aromatic rings. The Bertz CT molecular complexity index is 428. The Morgan fingerprint density at radius 1 is 1.28 bits per heavy atom. The molecule has 0 radical (unpaired) electrons. The molecule has 0 saturated carbocycles. The van der Waals surface area contributed by atoms with Crippen LogP contribution in [-0.2, 0) is 9.53 Å². The third-order valence-electron chi connectivity index (χ3n) is 2.18. The van der Waals surface area contributed by atoms with Crippen LogP contribution in [0.3, 0.4) is 0 Å². The lowest BCUT2D eigenvalue weighted by atomic mass is 10.1. The van der Waals surface area contributed by atoms with E-state index in [1.165, 1.54) is 14.2 Å². The van der Waals surface area contributed by atoms with Crippen LogP contribution in [0.1, 0.15) is 13.8 Å². The van der Waals surface area contributed by atoms with Crippen molar-refractivity contribution < 1.29 is 14.3 Å². The van der Waals surface area contributed by atoms with E-state index in [0.29, 0.717) is 0 Å². The Hall–Kier alpha value is -1.63. The Balaban J connectivity index is 2.93. The summed E-state index contributed by atoms with van der Waals surface area (Å²) < 4.78 is 9.56. The molecule has 0 bridgehead atoms. The molecule has 0 saturated heterocycles. The van der Waals surface area contributed by atoms with E-state index in [4.69, 9.17) is 21.1 Å². The normalized spacial score (nSPS) is 12.1. The first-order valence-electron chi connectivity index (χ1n) is 5.27. The summed E-state index contributed by atoms with van der Waals surface area (Å²) in [6, 6.07) is -0.497. The molecule has 0 spiro atoms. The molecular weight excluding hydrogens is 260 g/mol. The first kappa shape index (κ1) is 14.4. The predicted molar refractivity (Wildman–Crippen MR) is 65.7 cm³/mol. The van der Waals surface area contributed by atoms with Gasteiger partial charge < -0.3 is 14.8 Å². The summed E-state index contributed by atoms with van der Waals surface area (Å²) >= 11 is 5.71. The fraction of sp³-hybridized carbons (Fsp3) is 0.600. The second-order valence-corrected chi connectivity index (χ2v) is 4.14. The molecule has 1 N–H and O–H groups in total. The van der Waals surface area contributed by atoms with Gasteiger partial charge in [0, 0.05) is 0 Å². The van der Waals surface area contributed by atoms with Gasteiger partial charge in [0.15, 0.2) is 0 Å². The Kier molecular flexibility index (Phi) is 5.08. The van der Waals surface area contributed by atoms with E-state index in [1.54, 1.807) is 0 Å². The minimum Gasteiger partial charge on any atom is -0.467 e. The molecule has 8 heteroatoms. The summed E-state index contributed by atoms with van der Waals surface area (Å²) in [7, 11) is 2.73. The average Bonchev–Trinajstić information content (AvgIpc) is 2.34. The van der Waals surface area contributed by atoms with Gasteiger partial charge in [-0.3, -0.25) is 0 Å². The van der Waals surface area contributed by atoms with E-state index >= 15 is 0 Å². The van der Waals surface area contributed by atoms with Crippen LogP contribution in [0.5, 0.6) is 6.01 Å². The zero-order valence-electron chi connectivity index (χ0n) is 10.6. The SMILES string of the molecule is COC(=O)C(Nc1nc(Cl)nc(OC)n1)C(C)C. The Labute approximate surface area is 110 Å². The molecule has 1 atom stereocenters. The third kappa shape index (κ3) is 3.69. The van der Waals surface area contributed by atoms with Crippen molar-refractivity contribution in [2.45, 2.75) is 19.9 Å². The maximum atomic E-state index is 11.6. The van der Waals surface area contributed by atoms with Crippen molar-refractivity contribution in [2.24, 2.45) is 5.92 Å². The molecule has 100 valence electrons. The van der Waals surface area contributed by atoms with Gasteiger partial charge in [0.1, 0.15) is 6.04 Å². The van der Waals surface area contributed by atoms with Crippen molar-refractivity contribution in [2.75, 3.05) is 19.5 Å². The molecule has 0 fully saturated rings. The highest BCUT2D eigenvalue weighted by atomic mass is 35.5. The van der Waals surface area contributed by atoms with Crippen LogP contribution in [0.15, 0.2) is 0 Å². The molecule has 1 heterocycles. The van der Waals surface area contributed by atoms with Crippen LogP contribution in [0.4, 0.5) is 5.95 Å². The highest BCUT2D eigenvalue weighted by Gasteiger charge is 2.24. The predicted octanol–water partition coefficient (Wildman–Crippen LogP) is 1.14. The minimum absolute atomic E-state index is 0.000939. The number of anilines is 1. The quantitative estimate of drug-likeness (QED) is 0.806. The van der Waals surface area contributed by atoms with E-state index in [0.717, 1.165) is 0 Å². The second-order valence-electron chi connectivity index (χ2n) is 3.80. The lowest BCUT2D eigenvalue weighted by Gasteiger charge is -2.19. The van der Waals surface area contributed by atoms with Gasteiger partial charge in [-0.25, -0.2) is 4.79 Å². The van der Waals surface area contributed by atoms with Gasteiger partial charge in [0.05, 0.1) is 14.2 Å². The van der Waals surface area contributed by atoms with E-state index in [-0.39, 0.29) is 23.2 Å². The number of hydrogen-bond donors (Lipinski definition) is 1. The zero-order valence-corrected chi connectivity index (χ0v) is 11.4. The number of carbonyl (C=O) groups excluding carboxylic acids is 1. The van der Waals surface area contributed by atoms with Gasteiger partial charge in [-0.15, -0.1) is 0 Å². The number of aromatic nitrogens is 3. The molecule has 7 nitrogen and oxygen atoms in total. The van der Waals surface area contributed by atoms with Crippen LogP contribution in [0, 0.1) is 5.92 Å². The van der Waals surface area contributed by atoms with Crippen molar-refractivity contribution in [3.8, 4) is 6.01 Å². The maximum Gasteiger partial charge on any atom is 0.328 e. The fourth-order valence-corrected chi connectivity index (χ4v) is 1.40.